The third-order valence-electron chi connectivity index (χ3n) is 3.41. The number of halogens is 4. The van der Waals surface area contributed by atoms with Gasteiger partial charge in [-0.25, -0.2) is 4.98 Å². The van der Waals surface area contributed by atoms with Gasteiger partial charge in [0.25, 0.3) is 11.8 Å². The van der Waals surface area contributed by atoms with Crippen LogP contribution in [0.4, 0.5) is 18.9 Å². The smallest absolute Gasteiger partial charge is 0.350 e. The maximum absolute atomic E-state index is 12.9. The van der Waals surface area contributed by atoms with Crippen LogP contribution < -0.4 is 10.6 Å². The molecule has 0 radical (unpaired) electrons. The van der Waals surface area contributed by atoms with Crippen LogP contribution in [0.1, 0.15) is 40.4 Å². The zero-order valence-electron chi connectivity index (χ0n) is 14.5. The van der Waals surface area contributed by atoms with E-state index in [1.165, 1.54) is 24.3 Å². The number of benzene rings is 1. The first kappa shape index (κ1) is 20.7. The van der Waals surface area contributed by atoms with Crippen LogP contribution in [-0.4, -0.2) is 23.3 Å². The number of hydrogen-bond acceptors (Lipinski definition) is 3. The van der Waals surface area contributed by atoms with Gasteiger partial charge in [-0.15, -0.1) is 0 Å². The lowest BCUT2D eigenvalue weighted by Crippen LogP contribution is -2.28. The van der Waals surface area contributed by atoms with Crippen molar-refractivity contribution in [3.8, 4) is 0 Å². The van der Waals surface area contributed by atoms with Gasteiger partial charge in [-0.05, 0) is 36.2 Å². The van der Waals surface area contributed by atoms with Crippen molar-refractivity contribution < 1.29 is 22.8 Å². The molecule has 0 aliphatic heterocycles. The predicted molar refractivity (Wildman–Crippen MR) is 95.8 cm³/mol. The number of nitrogens with one attached hydrogen (secondary N) is 2. The molecule has 2 amide bonds. The molecule has 0 fully saturated rings. The predicted octanol–water partition coefficient (Wildman–Crippen LogP) is 4.39. The van der Waals surface area contributed by atoms with Crippen LogP contribution in [-0.2, 0) is 6.18 Å². The molecule has 1 aromatic carbocycles. The fourth-order valence-corrected chi connectivity index (χ4v) is 2.32. The third kappa shape index (κ3) is 5.68. The van der Waals surface area contributed by atoms with E-state index in [0.717, 1.165) is 12.1 Å². The molecule has 0 saturated carbocycles. The summed E-state index contributed by atoms with van der Waals surface area (Å²) in [5.74, 6) is -0.943. The Morgan fingerprint density at radius 2 is 1.74 bits per heavy atom. The average molecular weight is 400 g/mol. The number of alkyl halides is 3. The van der Waals surface area contributed by atoms with Gasteiger partial charge in [-0.2, -0.15) is 13.2 Å². The summed E-state index contributed by atoms with van der Waals surface area (Å²) in [5, 5.41) is 4.52. The average Bonchev–Trinajstić information content (AvgIpc) is 2.60. The minimum Gasteiger partial charge on any atom is -0.350 e. The lowest BCUT2D eigenvalue weighted by Gasteiger charge is -2.12. The van der Waals surface area contributed by atoms with Crippen molar-refractivity contribution in [2.24, 2.45) is 5.92 Å². The van der Waals surface area contributed by atoms with Crippen molar-refractivity contribution in [1.29, 1.82) is 0 Å². The molecule has 0 atom stereocenters. The molecule has 1 heterocycles. The van der Waals surface area contributed by atoms with E-state index in [4.69, 9.17) is 11.6 Å². The minimum absolute atomic E-state index is 0.0374. The van der Waals surface area contributed by atoms with Gasteiger partial charge < -0.3 is 10.6 Å². The zero-order chi connectivity index (χ0) is 20.2. The minimum atomic E-state index is -4.65. The van der Waals surface area contributed by atoms with Gasteiger partial charge in [-0.3, -0.25) is 9.59 Å². The van der Waals surface area contributed by atoms with Gasteiger partial charge in [0.15, 0.2) is 0 Å². The molecule has 27 heavy (non-hydrogen) atoms. The topological polar surface area (TPSA) is 71.1 Å². The highest BCUT2D eigenvalue weighted by Gasteiger charge is 2.33. The number of aromatic nitrogens is 1. The summed E-state index contributed by atoms with van der Waals surface area (Å²) < 4.78 is 38.7. The molecule has 2 N–H and O–H groups in total. The molecule has 1 aromatic heterocycles. The molecule has 0 spiro atoms. The number of carbonyl (C=O) groups is 2. The summed E-state index contributed by atoms with van der Waals surface area (Å²) >= 11 is 5.55. The second kappa shape index (κ2) is 8.39. The van der Waals surface area contributed by atoms with Crippen LogP contribution in [0.25, 0.3) is 0 Å². The van der Waals surface area contributed by atoms with Crippen LogP contribution in [0, 0.1) is 5.92 Å². The van der Waals surface area contributed by atoms with Crippen molar-refractivity contribution in [1.82, 2.24) is 10.3 Å². The Morgan fingerprint density at radius 1 is 1.11 bits per heavy atom. The van der Waals surface area contributed by atoms with Crippen LogP contribution in [0.15, 0.2) is 36.4 Å². The molecule has 0 saturated heterocycles. The highest BCUT2D eigenvalue weighted by molar-refractivity contribution is 6.31. The van der Waals surface area contributed by atoms with E-state index in [9.17, 15) is 22.8 Å². The van der Waals surface area contributed by atoms with Crippen molar-refractivity contribution in [2.45, 2.75) is 20.0 Å². The Hall–Kier alpha value is -2.61. The number of carbonyl (C=O) groups excluding carboxylic acids is 2. The maximum Gasteiger partial charge on any atom is 0.417 e. The number of nitrogens with zero attached hydrogens (tertiary/aromatic N) is 1. The van der Waals surface area contributed by atoms with Crippen molar-refractivity contribution in [3.05, 3.63) is 58.4 Å². The first-order valence-corrected chi connectivity index (χ1v) is 8.39. The van der Waals surface area contributed by atoms with Crippen LogP contribution in [0.2, 0.25) is 5.02 Å². The van der Waals surface area contributed by atoms with E-state index in [1.807, 2.05) is 13.8 Å². The van der Waals surface area contributed by atoms with Gasteiger partial charge in [0.1, 0.15) is 11.4 Å². The molecule has 2 rings (SSSR count). The summed E-state index contributed by atoms with van der Waals surface area (Å²) in [6.45, 7) is 4.31. The molecular formula is C18H17ClF3N3O2. The Kier molecular flexibility index (Phi) is 6.43. The number of anilines is 1. The fourth-order valence-electron chi connectivity index (χ4n) is 2.09. The summed E-state index contributed by atoms with van der Waals surface area (Å²) in [6.07, 6.45) is -4.65. The van der Waals surface area contributed by atoms with E-state index in [-0.39, 0.29) is 23.0 Å². The summed E-state index contributed by atoms with van der Waals surface area (Å²) in [7, 11) is 0. The van der Waals surface area contributed by atoms with Crippen LogP contribution in [0.3, 0.4) is 0 Å². The first-order chi connectivity index (χ1) is 12.6. The van der Waals surface area contributed by atoms with E-state index >= 15 is 0 Å². The molecule has 144 valence electrons. The fraction of sp³-hybridized carbons (Fsp3) is 0.278. The van der Waals surface area contributed by atoms with Crippen molar-refractivity contribution in [3.63, 3.8) is 0 Å². The molecule has 0 aliphatic rings. The molecule has 2 aromatic rings. The number of pyridine rings is 1. The monoisotopic (exact) mass is 399 g/mol. The number of hydrogen-bond donors (Lipinski definition) is 2. The summed E-state index contributed by atoms with van der Waals surface area (Å²) in [4.78, 5) is 28.3. The first-order valence-electron chi connectivity index (χ1n) is 8.01. The molecule has 5 nitrogen and oxygen atoms in total. The standard InChI is InChI=1S/C18H17ClF3N3O2/c1-10(2)9-23-16(26)14-4-3-5-15(25-14)17(27)24-11-6-7-13(19)12(8-11)18(20,21)22/h3-8,10H,9H2,1-2H3,(H,23,26)(H,24,27). The Labute approximate surface area is 158 Å². The Bertz CT molecular complexity index is 854. The third-order valence-corrected chi connectivity index (χ3v) is 3.74. The second-order valence-corrected chi connectivity index (χ2v) is 6.57. The quantitative estimate of drug-likeness (QED) is 0.783. The van der Waals surface area contributed by atoms with Gasteiger partial charge in [-0.1, -0.05) is 31.5 Å². The molecule has 0 aliphatic carbocycles. The lowest BCUT2D eigenvalue weighted by atomic mass is 10.2. The van der Waals surface area contributed by atoms with Gasteiger partial charge in [0.2, 0.25) is 0 Å². The van der Waals surface area contributed by atoms with E-state index in [0.29, 0.717) is 6.54 Å². The molecular weight excluding hydrogens is 383 g/mol. The highest BCUT2D eigenvalue weighted by atomic mass is 35.5. The van der Waals surface area contributed by atoms with Crippen molar-refractivity contribution >= 4 is 29.1 Å². The zero-order valence-corrected chi connectivity index (χ0v) is 15.3. The number of rotatable bonds is 5. The maximum atomic E-state index is 12.9. The molecule has 0 unspecified atom stereocenters. The Morgan fingerprint density at radius 3 is 2.33 bits per heavy atom. The normalized spacial score (nSPS) is 11.4. The largest absolute Gasteiger partial charge is 0.417 e. The van der Waals surface area contributed by atoms with E-state index in [1.54, 1.807) is 0 Å². The lowest BCUT2D eigenvalue weighted by molar-refractivity contribution is -0.137. The van der Waals surface area contributed by atoms with Crippen molar-refractivity contribution in [2.75, 3.05) is 11.9 Å². The summed E-state index contributed by atoms with van der Waals surface area (Å²) in [6, 6.07) is 7.29. The second-order valence-electron chi connectivity index (χ2n) is 6.16. The summed E-state index contributed by atoms with van der Waals surface area (Å²) in [5.41, 5.74) is -1.21. The van der Waals surface area contributed by atoms with Gasteiger partial charge in [0.05, 0.1) is 10.6 Å². The van der Waals surface area contributed by atoms with E-state index < -0.39 is 28.6 Å². The highest BCUT2D eigenvalue weighted by Crippen LogP contribution is 2.36. The van der Waals surface area contributed by atoms with E-state index in [2.05, 4.69) is 15.6 Å². The SMILES string of the molecule is CC(C)CNC(=O)c1cccc(C(=O)Nc2ccc(Cl)c(C(F)(F)F)c2)n1. The molecule has 0 bridgehead atoms. The number of amides is 2. The van der Waals surface area contributed by atoms with Gasteiger partial charge >= 0.3 is 6.18 Å². The van der Waals surface area contributed by atoms with Crippen LogP contribution in [0.5, 0.6) is 0 Å². The van der Waals surface area contributed by atoms with Crippen LogP contribution >= 0.6 is 11.6 Å². The Balaban J connectivity index is 2.17. The van der Waals surface area contributed by atoms with Gasteiger partial charge in [0, 0.05) is 12.2 Å². The molecule has 9 heteroatoms.